The molecule has 0 aromatic heterocycles. The Bertz CT molecular complexity index is 757. The zero-order valence-corrected chi connectivity index (χ0v) is 15.1. The van der Waals surface area contributed by atoms with Crippen molar-refractivity contribution in [3.63, 3.8) is 0 Å². The molecular formula is C20H15N2Sb. The molecule has 0 atom stereocenters. The predicted octanol–water partition coefficient (Wildman–Crippen LogP) is 3.98. The molecule has 3 aromatic rings. The second kappa shape index (κ2) is 7.89. The van der Waals surface area contributed by atoms with E-state index in [1.807, 2.05) is 79.2 Å². The van der Waals surface area contributed by atoms with E-state index < -0.39 is 0 Å². The minimum absolute atomic E-state index is 0.959. The molecule has 0 saturated carbocycles. The van der Waals surface area contributed by atoms with Gasteiger partial charge in [0.15, 0.2) is 0 Å². The molecule has 0 heterocycles. The summed E-state index contributed by atoms with van der Waals surface area (Å²) in [4.78, 5) is 9.07. The molecule has 2 radical (unpaired) electrons. The Morgan fingerprint density at radius 1 is 0.565 bits per heavy atom. The van der Waals surface area contributed by atoms with Crippen LogP contribution in [0.1, 0.15) is 11.1 Å². The molecule has 110 valence electrons. The summed E-state index contributed by atoms with van der Waals surface area (Å²) in [6, 6.07) is 26.1. The second-order valence-electron chi connectivity index (χ2n) is 4.97. The zero-order valence-electron chi connectivity index (χ0n) is 12.5. The van der Waals surface area contributed by atoms with E-state index in [-0.39, 0.29) is 0 Å². The third-order valence-corrected chi connectivity index (χ3v) is 4.79. The summed E-state index contributed by atoms with van der Waals surface area (Å²) in [5.41, 5.74) is 4.17. The van der Waals surface area contributed by atoms with Crippen molar-refractivity contribution in [3.8, 4) is 0 Å². The molecule has 3 heteroatoms. The number of para-hydroxylation sites is 2. The Morgan fingerprint density at radius 3 is 1.43 bits per heavy atom. The van der Waals surface area contributed by atoms with E-state index in [2.05, 4.69) is 22.1 Å². The van der Waals surface area contributed by atoms with Crippen LogP contribution in [0.25, 0.3) is 0 Å². The molecule has 0 N–H and O–H groups in total. The molecule has 0 unspecified atom stereocenters. The quantitative estimate of drug-likeness (QED) is 0.464. The van der Waals surface area contributed by atoms with E-state index in [1.165, 1.54) is 3.51 Å². The Balaban J connectivity index is 1.84. The first-order valence-corrected chi connectivity index (χ1v) is 8.61. The summed E-state index contributed by atoms with van der Waals surface area (Å²) < 4.78 is 1.22. The van der Waals surface area contributed by atoms with E-state index in [4.69, 9.17) is 0 Å². The van der Waals surface area contributed by atoms with Gasteiger partial charge in [-0.25, -0.2) is 0 Å². The number of hydrogen-bond donors (Lipinski definition) is 0. The van der Waals surface area contributed by atoms with E-state index in [0.29, 0.717) is 0 Å². The predicted molar refractivity (Wildman–Crippen MR) is 99.2 cm³/mol. The van der Waals surface area contributed by atoms with Crippen LogP contribution in [-0.2, 0) is 0 Å². The Morgan fingerprint density at radius 2 is 1.00 bits per heavy atom. The number of aliphatic imine (C=N–C) groups is 2. The SMILES string of the molecule is [Sb][c]1c(C=Nc2ccccc2)cccc1C=Nc1ccccc1. The molecule has 23 heavy (non-hydrogen) atoms. The van der Waals surface area contributed by atoms with Gasteiger partial charge in [-0.3, -0.25) is 0 Å². The minimum atomic E-state index is 0.959. The maximum atomic E-state index is 4.54. The Kier molecular flexibility index (Phi) is 5.39. The molecular weight excluding hydrogens is 390 g/mol. The van der Waals surface area contributed by atoms with Crippen molar-refractivity contribution in [2.75, 3.05) is 0 Å². The van der Waals surface area contributed by atoms with Crippen LogP contribution in [0.15, 0.2) is 88.8 Å². The molecule has 3 rings (SSSR count). The number of nitrogens with zero attached hydrogens (tertiary/aromatic N) is 2. The molecule has 0 bridgehead atoms. The fourth-order valence-electron chi connectivity index (χ4n) is 2.10. The van der Waals surface area contributed by atoms with Crippen molar-refractivity contribution in [2.45, 2.75) is 0 Å². The first-order valence-electron chi connectivity index (χ1n) is 7.33. The van der Waals surface area contributed by atoms with E-state index in [1.54, 1.807) is 23.0 Å². The molecule has 0 saturated heterocycles. The number of hydrogen-bond acceptors (Lipinski definition) is 2. The van der Waals surface area contributed by atoms with E-state index in [0.717, 1.165) is 22.5 Å². The average Bonchev–Trinajstić information content (AvgIpc) is 2.61. The summed E-state index contributed by atoms with van der Waals surface area (Å²) in [7, 11) is 0. The third-order valence-electron chi connectivity index (χ3n) is 3.32. The summed E-state index contributed by atoms with van der Waals surface area (Å²) in [5, 5.41) is 0. The molecule has 3 aromatic carbocycles. The van der Waals surface area contributed by atoms with Crippen LogP contribution < -0.4 is 3.51 Å². The van der Waals surface area contributed by atoms with Gasteiger partial charge in [0.1, 0.15) is 0 Å². The van der Waals surface area contributed by atoms with Crippen LogP contribution in [0.2, 0.25) is 0 Å². The first kappa shape index (κ1) is 15.7. The molecule has 0 aliphatic carbocycles. The average molecular weight is 405 g/mol. The Labute approximate surface area is 150 Å². The summed E-state index contributed by atoms with van der Waals surface area (Å²) in [6.45, 7) is 0. The third kappa shape index (κ3) is 4.40. The van der Waals surface area contributed by atoms with Crippen molar-refractivity contribution in [3.05, 3.63) is 90.0 Å². The van der Waals surface area contributed by atoms with Crippen molar-refractivity contribution < 1.29 is 0 Å². The van der Waals surface area contributed by atoms with Gasteiger partial charge in [-0.05, 0) is 0 Å². The molecule has 0 aliphatic rings. The second-order valence-corrected chi connectivity index (χ2v) is 6.25. The van der Waals surface area contributed by atoms with Gasteiger partial charge in [0.2, 0.25) is 0 Å². The van der Waals surface area contributed by atoms with Gasteiger partial charge in [-0.2, -0.15) is 0 Å². The monoisotopic (exact) mass is 404 g/mol. The van der Waals surface area contributed by atoms with Gasteiger partial charge in [0.05, 0.1) is 0 Å². The van der Waals surface area contributed by atoms with Crippen molar-refractivity contribution in [1.29, 1.82) is 0 Å². The summed E-state index contributed by atoms with van der Waals surface area (Å²) >= 11 is 1.68. The normalized spacial score (nSPS) is 11.3. The van der Waals surface area contributed by atoms with E-state index >= 15 is 0 Å². The van der Waals surface area contributed by atoms with Gasteiger partial charge in [0.25, 0.3) is 0 Å². The van der Waals surface area contributed by atoms with Crippen LogP contribution in [0, 0.1) is 0 Å². The van der Waals surface area contributed by atoms with Gasteiger partial charge < -0.3 is 0 Å². The number of benzene rings is 3. The summed E-state index contributed by atoms with van der Waals surface area (Å²) in [6.07, 6.45) is 3.84. The fourth-order valence-corrected chi connectivity index (χ4v) is 2.86. The molecule has 0 aliphatic heterocycles. The van der Waals surface area contributed by atoms with Crippen LogP contribution in [0.3, 0.4) is 0 Å². The number of rotatable bonds is 4. The van der Waals surface area contributed by atoms with Crippen LogP contribution >= 0.6 is 0 Å². The van der Waals surface area contributed by atoms with Gasteiger partial charge in [-0.1, -0.05) is 0 Å². The van der Waals surface area contributed by atoms with Gasteiger partial charge in [0, 0.05) is 0 Å². The molecule has 0 fully saturated rings. The van der Waals surface area contributed by atoms with Crippen molar-refractivity contribution in [2.24, 2.45) is 9.98 Å². The van der Waals surface area contributed by atoms with Crippen LogP contribution in [0.4, 0.5) is 11.4 Å². The summed E-state index contributed by atoms with van der Waals surface area (Å²) in [5.74, 6) is 0. The van der Waals surface area contributed by atoms with Gasteiger partial charge in [-0.15, -0.1) is 0 Å². The van der Waals surface area contributed by atoms with Crippen LogP contribution in [-0.4, -0.2) is 35.5 Å². The topological polar surface area (TPSA) is 24.7 Å². The standard InChI is InChI=1S/C20H15N2.Sb/c1-3-10-19(11-4-1)21-15-17-8-7-9-18(14-17)16-22-20-12-5-2-6-13-20;/h1-13,15-16H;. The molecule has 0 spiro atoms. The fraction of sp³-hybridized carbons (Fsp3) is 0. The first-order chi connectivity index (χ1) is 11.3. The Hall–Kier alpha value is -2.18. The van der Waals surface area contributed by atoms with E-state index in [9.17, 15) is 0 Å². The molecule has 2 nitrogen and oxygen atoms in total. The van der Waals surface area contributed by atoms with Crippen LogP contribution in [0.5, 0.6) is 0 Å². The van der Waals surface area contributed by atoms with Crippen molar-refractivity contribution >= 4 is 50.3 Å². The van der Waals surface area contributed by atoms with Gasteiger partial charge >= 0.3 is 150 Å². The maximum absolute atomic E-state index is 4.54. The molecule has 0 amide bonds. The zero-order chi connectivity index (χ0) is 15.9. The van der Waals surface area contributed by atoms with Crippen molar-refractivity contribution in [1.82, 2.24) is 0 Å².